The minimum absolute atomic E-state index is 1.41. The minimum Gasteiger partial charge on any atom is -0.0455 e. The second-order valence-corrected chi connectivity index (χ2v) is 13.7. The summed E-state index contributed by atoms with van der Waals surface area (Å²) >= 11 is 0. The molecule has 0 unspecified atom stereocenters. The molecule has 0 nitrogen and oxygen atoms in total. The van der Waals surface area contributed by atoms with Crippen LogP contribution >= 0.6 is 0 Å². The predicted octanol–water partition coefficient (Wildman–Crippen LogP) is 12.3. The molecule has 7 rings (SSSR count). The Hall–Kier alpha value is -3.64. The highest BCUT2D eigenvalue weighted by atomic mass is 14.3. The zero-order chi connectivity index (χ0) is 30.4. The van der Waals surface area contributed by atoms with Gasteiger partial charge in [-0.3, -0.25) is 0 Å². The molecule has 0 bridgehead atoms. The number of fused-ring (bicyclic) bond motifs is 7. The lowest BCUT2D eigenvalue weighted by Gasteiger charge is -2.23. The lowest BCUT2D eigenvalue weighted by molar-refractivity contribution is 1.24. The number of hydrogen-bond donors (Lipinski definition) is 0. The Kier molecular flexibility index (Phi) is 5.49. The molecule has 0 saturated heterocycles. The molecule has 0 spiro atoms. The number of rotatable bonds is 0. The van der Waals surface area contributed by atoms with E-state index in [0.717, 1.165) is 0 Å². The molecule has 0 heteroatoms. The molecule has 0 atom stereocenters. The van der Waals surface area contributed by atoms with Crippen LogP contribution in [-0.4, -0.2) is 0 Å². The van der Waals surface area contributed by atoms with E-state index in [1.165, 1.54) is 143 Å². The maximum Gasteiger partial charge on any atom is -0.00116 e. The van der Waals surface area contributed by atoms with Gasteiger partial charge in [-0.2, -0.15) is 0 Å². The quantitative estimate of drug-likeness (QED) is 0.131. The maximum atomic E-state index is 2.57. The smallest absolute Gasteiger partial charge is 0.00116 e. The highest BCUT2D eigenvalue weighted by Crippen LogP contribution is 2.57. The summed E-state index contributed by atoms with van der Waals surface area (Å²) in [7, 11) is 0. The van der Waals surface area contributed by atoms with Gasteiger partial charge < -0.3 is 0 Å². The topological polar surface area (TPSA) is 0 Å². The first-order valence-corrected chi connectivity index (χ1v) is 15.7. The molecule has 0 radical (unpaired) electrons. The van der Waals surface area contributed by atoms with Crippen molar-refractivity contribution in [1.82, 2.24) is 0 Å². The van der Waals surface area contributed by atoms with Crippen molar-refractivity contribution in [3.8, 4) is 22.3 Å². The van der Waals surface area contributed by atoms with Crippen LogP contribution in [0.5, 0.6) is 0 Å². The highest BCUT2D eigenvalue weighted by Gasteiger charge is 2.31. The Bertz CT molecular complexity index is 2300. The van der Waals surface area contributed by atoms with E-state index in [2.05, 4.69) is 109 Å². The summed E-state index contributed by atoms with van der Waals surface area (Å²) in [6.07, 6.45) is 0. The normalized spacial score (nSPS) is 12.5. The summed E-state index contributed by atoms with van der Waals surface area (Å²) < 4.78 is 0. The molecule has 212 valence electrons. The first-order chi connectivity index (χ1) is 19.7. The van der Waals surface area contributed by atoms with E-state index < -0.39 is 0 Å². The molecule has 1 aliphatic rings. The Labute approximate surface area is 251 Å². The van der Waals surface area contributed by atoms with Crippen LogP contribution in [0.3, 0.4) is 0 Å². The van der Waals surface area contributed by atoms with Crippen molar-refractivity contribution in [2.24, 2.45) is 0 Å². The van der Waals surface area contributed by atoms with Crippen LogP contribution < -0.4 is 0 Å². The fourth-order valence-electron chi connectivity index (χ4n) is 8.95. The number of aryl methyl sites for hydroxylation is 8. The highest BCUT2D eigenvalue weighted by molar-refractivity contribution is 6.29. The van der Waals surface area contributed by atoms with Crippen LogP contribution in [0, 0.1) is 96.9 Å². The van der Waals surface area contributed by atoms with Crippen molar-refractivity contribution in [1.29, 1.82) is 0 Å². The van der Waals surface area contributed by atoms with Crippen molar-refractivity contribution in [2.75, 3.05) is 0 Å². The predicted molar refractivity (Wildman–Crippen MR) is 187 cm³/mol. The third-order valence-electron chi connectivity index (χ3n) is 12.3. The summed E-state index contributed by atoms with van der Waals surface area (Å²) in [5.74, 6) is 0. The van der Waals surface area contributed by atoms with E-state index in [9.17, 15) is 0 Å². The van der Waals surface area contributed by atoms with Crippen LogP contribution in [-0.2, 0) is 0 Å². The SMILES string of the molecule is Cc1c(C)c(C)c2c(C)c3cc4c(cc3c(C)c2c1C)-c1c(C)c(C)c(C)c2c1c-4c(C)c1c(C)c(C)c(C)c(C)c12. The maximum absolute atomic E-state index is 2.57. The molecule has 0 heterocycles. The van der Waals surface area contributed by atoms with E-state index in [0.29, 0.717) is 0 Å². The molecular weight excluding hydrogens is 504 g/mol. The third kappa shape index (κ3) is 2.94. The summed E-state index contributed by atoms with van der Waals surface area (Å²) in [5, 5.41) is 11.6. The van der Waals surface area contributed by atoms with Gasteiger partial charge in [0, 0.05) is 0 Å². The Balaban J connectivity index is 1.78. The molecule has 6 aromatic rings. The molecule has 1 aliphatic carbocycles. The van der Waals surface area contributed by atoms with E-state index >= 15 is 0 Å². The fraction of sp³-hybridized carbons (Fsp3) is 0.333. The molecule has 0 aliphatic heterocycles. The number of hydrogen-bond acceptors (Lipinski definition) is 0. The van der Waals surface area contributed by atoms with Crippen LogP contribution in [0.1, 0.15) is 77.9 Å². The van der Waals surface area contributed by atoms with Gasteiger partial charge >= 0.3 is 0 Å². The Morgan fingerprint density at radius 2 is 0.524 bits per heavy atom. The summed E-state index contributed by atoms with van der Waals surface area (Å²) in [6, 6.07) is 5.13. The van der Waals surface area contributed by atoms with Crippen LogP contribution in [0.25, 0.3) is 65.3 Å². The lowest BCUT2D eigenvalue weighted by Crippen LogP contribution is -2.00. The van der Waals surface area contributed by atoms with Gasteiger partial charge in [-0.25, -0.2) is 0 Å². The molecule has 0 aromatic heterocycles. The van der Waals surface area contributed by atoms with E-state index in [1.807, 2.05) is 0 Å². The number of benzene rings is 6. The first-order valence-electron chi connectivity index (χ1n) is 15.7. The summed E-state index contributed by atoms with van der Waals surface area (Å²) in [6.45, 7) is 32.7. The van der Waals surface area contributed by atoms with Gasteiger partial charge in [0.25, 0.3) is 0 Å². The average Bonchev–Trinajstić information content (AvgIpc) is 3.30. The Morgan fingerprint density at radius 3 is 0.929 bits per heavy atom. The van der Waals surface area contributed by atoms with Crippen molar-refractivity contribution < 1.29 is 0 Å². The van der Waals surface area contributed by atoms with Crippen molar-refractivity contribution in [3.05, 3.63) is 90.0 Å². The molecule has 0 N–H and O–H groups in total. The molecule has 0 amide bonds. The van der Waals surface area contributed by atoms with Crippen LogP contribution in [0.2, 0.25) is 0 Å². The molecule has 42 heavy (non-hydrogen) atoms. The zero-order valence-corrected chi connectivity index (χ0v) is 28.2. The average molecular weight is 549 g/mol. The van der Waals surface area contributed by atoms with Gasteiger partial charge in [0.2, 0.25) is 0 Å². The molecule has 0 saturated carbocycles. The summed E-state index contributed by atoms with van der Waals surface area (Å²) in [5.41, 5.74) is 25.8. The first kappa shape index (κ1) is 27.2. The monoisotopic (exact) mass is 548 g/mol. The van der Waals surface area contributed by atoms with E-state index in [1.54, 1.807) is 0 Å². The van der Waals surface area contributed by atoms with Crippen molar-refractivity contribution in [3.63, 3.8) is 0 Å². The van der Waals surface area contributed by atoms with Gasteiger partial charge in [0.05, 0.1) is 0 Å². The van der Waals surface area contributed by atoms with E-state index in [-0.39, 0.29) is 0 Å². The van der Waals surface area contributed by atoms with Gasteiger partial charge in [-0.1, -0.05) is 0 Å². The molecule has 6 aromatic carbocycles. The fourth-order valence-corrected chi connectivity index (χ4v) is 8.95. The van der Waals surface area contributed by atoms with Gasteiger partial charge in [-0.05, 0) is 252 Å². The van der Waals surface area contributed by atoms with Gasteiger partial charge in [0.15, 0.2) is 0 Å². The van der Waals surface area contributed by atoms with Gasteiger partial charge in [-0.15, -0.1) is 0 Å². The van der Waals surface area contributed by atoms with Gasteiger partial charge in [0.1, 0.15) is 0 Å². The minimum atomic E-state index is 1.41. The standard InChI is InChI=1S/C42H44/c1-17-18(2)23(7)36-29(13)32-16-34-33(15-31(32)28(12)35(36)22(17)6)38-25(9)21(5)27(11)41-40-26(10)20(4)19(3)24(8)37(40)30(14)39(34)42(38)41/h15-16H,1-14H3. The second-order valence-electron chi connectivity index (χ2n) is 13.7. The molecule has 0 fully saturated rings. The largest absolute Gasteiger partial charge is 0.0455 e. The summed E-state index contributed by atoms with van der Waals surface area (Å²) in [4.78, 5) is 0. The van der Waals surface area contributed by atoms with Crippen molar-refractivity contribution in [2.45, 2.75) is 96.9 Å². The van der Waals surface area contributed by atoms with Crippen LogP contribution in [0.15, 0.2) is 12.1 Å². The van der Waals surface area contributed by atoms with Crippen LogP contribution in [0.4, 0.5) is 0 Å². The molecular formula is C42H44. The zero-order valence-electron chi connectivity index (χ0n) is 28.2. The van der Waals surface area contributed by atoms with E-state index in [4.69, 9.17) is 0 Å². The second kappa shape index (κ2) is 8.47. The third-order valence-corrected chi connectivity index (χ3v) is 12.3. The van der Waals surface area contributed by atoms with Crippen molar-refractivity contribution >= 4 is 43.1 Å². The Morgan fingerprint density at radius 1 is 0.238 bits per heavy atom. The lowest BCUT2D eigenvalue weighted by atomic mass is 9.81.